The number of aryl methyl sites for hydroxylation is 2. The third-order valence-corrected chi connectivity index (χ3v) is 8.28. The minimum Gasteiger partial charge on any atom is -0.489 e. The molecule has 1 fully saturated rings. The summed E-state index contributed by atoms with van der Waals surface area (Å²) >= 11 is 0. The number of piperidine rings is 1. The molecule has 1 aliphatic heterocycles. The minimum absolute atomic E-state index is 0.112. The predicted molar refractivity (Wildman–Crippen MR) is 171 cm³/mol. The van der Waals surface area contributed by atoms with Gasteiger partial charge in [-0.05, 0) is 59.6 Å². The number of benzene rings is 3. The Bertz CT molecular complexity index is 1580. The van der Waals surface area contributed by atoms with Crippen LogP contribution in [0.2, 0.25) is 0 Å². The number of hydrogen-bond acceptors (Lipinski definition) is 5. The second-order valence-electron chi connectivity index (χ2n) is 11.7. The first-order valence-electron chi connectivity index (χ1n) is 15.5. The molecule has 0 unspecified atom stereocenters. The number of aliphatic carboxylic acids is 1. The zero-order valence-corrected chi connectivity index (χ0v) is 25.6. The Balaban J connectivity index is 1.03. The summed E-state index contributed by atoms with van der Waals surface area (Å²) in [4.78, 5) is 39.6. The molecular weight excluding hydrogens is 568 g/mol. The van der Waals surface area contributed by atoms with Gasteiger partial charge >= 0.3 is 5.97 Å². The lowest BCUT2D eigenvalue weighted by molar-refractivity contribution is -0.142. The Hall–Kier alpha value is -4.92. The van der Waals surface area contributed by atoms with Gasteiger partial charge in [-0.15, -0.1) is 0 Å². The molecular formula is C36H40N4O5. The van der Waals surface area contributed by atoms with E-state index in [1.165, 1.54) is 0 Å². The van der Waals surface area contributed by atoms with Gasteiger partial charge in [-0.25, -0.2) is 4.79 Å². The van der Waals surface area contributed by atoms with Crippen molar-refractivity contribution in [2.24, 2.45) is 13.0 Å². The number of aromatic nitrogens is 2. The number of carbonyl (C=O) groups excluding carboxylic acids is 2. The monoisotopic (exact) mass is 608 g/mol. The fourth-order valence-electron chi connectivity index (χ4n) is 5.69. The van der Waals surface area contributed by atoms with Gasteiger partial charge in [0, 0.05) is 51.2 Å². The van der Waals surface area contributed by atoms with Crippen molar-refractivity contribution in [3.05, 3.63) is 108 Å². The van der Waals surface area contributed by atoms with E-state index in [9.17, 15) is 19.5 Å². The predicted octanol–water partition coefficient (Wildman–Crippen LogP) is 5.04. The highest BCUT2D eigenvalue weighted by atomic mass is 16.5. The van der Waals surface area contributed by atoms with Crippen LogP contribution in [0.25, 0.3) is 11.1 Å². The number of nitrogens with one attached hydrogen (secondary N) is 1. The summed E-state index contributed by atoms with van der Waals surface area (Å²) in [6.07, 6.45) is 6.77. The second kappa shape index (κ2) is 15.2. The maximum atomic E-state index is 12.9. The molecule has 1 atom stereocenters. The van der Waals surface area contributed by atoms with Gasteiger partial charge in [0.05, 0.1) is 6.20 Å². The molecule has 2 heterocycles. The molecule has 4 aromatic rings. The highest BCUT2D eigenvalue weighted by Crippen LogP contribution is 2.23. The molecule has 2 amide bonds. The molecule has 45 heavy (non-hydrogen) atoms. The minimum atomic E-state index is -1.07. The van der Waals surface area contributed by atoms with Crippen molar-refractivity contribution in [3.8, 4) is 16.9 Å². The van der Waals surface area contributed by atoms with E-state index >= 15 is 0 Å². The summed E-state index contributed by atoms with van der Waals surface area (Å²) in [5.41, 5.74) is 5.10. The number of carboxylic acid groups (broad SMARTS) is 1. The number of carbonyl (C=O) groups is 3. The summed E-state index contributed by atoms with van der Waals surface area (Å²) in [7, 11) is 1.89. The number of rotatable bonds is 13. The normalized spacial score (nSPS) is 14.1. The number of carboxylic acids is 1. The first-order chi connectivity index (χ1) is 21.8. The lowest BCUT2D eigenvalue weighted by Gasteiger charge is -2.32. The van der Waals surface area contributed by atoms with E-state index in [1.54, 1.807) is 4.68 Å². The van der Waals surface area contributed by atoms with Crippen LogP contribution in [0.4, 0.5) is 0 Å². The highest BCUT2D eigenvalue weighted by molar-refractivity contribution is 5.84. The zero-order valence-electron chi connectivity index (χ0n) is 25.6. The van der Waals surface area contributed by atoms with Crippen molar-refractivity contribution < 1.29 is 24.2 Å². The average Bonchev–Trinajstić information content (AvgIpc) is 3.50. The van der Waals surface area contributed by atoms with Crippen LogP contribution in [0.1, 0.15) is 42.4 Å². The first-order valence-corrected chi connectivity index (χ1v) is 15.5. The topological polar surface area (TPSA) is 114 Å². The number of nitrogens with zero attached hydrogens (tertiary/aromatic N) is 3. The molecule has 1 aromatic heterocycles. The molecule has 0 saturated carbocycles. The third-order valence-electron chi connectivity index (χ3n) is 8.28. The van der Waals surface area contributed by atoms with Crippen molar-refractivity contribution in [3.63, 3.8) is 0 Å². The summed E-state index contributed by atoms with van der Waals surface area (Å²) in [6, 6.07) is 24.3. The van der Waals surface area contributed by atoms with Gasteiger partial charge in [-0.3, -0.25) is 14.3 Å². The molecule has 234 valence electrons. The van der Waals surface area contributed by atoms with E-state index in [0.29, 0.717) is 38.3 Å². The van der Waals surface area contributed by atoms with E-state index in [-0.39, 0.29) is 30.6 Å². The molecule has 1 aliphatic rings. The molecule has 0 bridgehead atoms. The van der Waals surface area contributed by atoms with E-state index < -0.39 is 12.0 Å². The van der Waals surface area contributed by atoms with E-state index in [0.717, 1.165) is 40.7 Å². The third kappa shape index (κ3) is 9.28. The Kier molecular flexibility index (Phi) is 10.6. The molecule has 2 N–H and O–H groups in total. The second-order valence-corrected chi connectivity index (χ2v) is 11.7. The van der Waals surface area contributed by atoms with Crippen LogP contribution in [0, 0.1) is 5.92 Å². The highest BCUT2D eigenvalue weighted by Gasteiger charge is 2.26. The van der Waals surface area contributed by atoms with Gasteiger partial charge < -0.3 is 20.1 Å². The van der Waals surface area contributed by atoms with Crippen molar-refractivity contribution in [2.75, 3.05) is 13.1 Å². The van der Waals surface area contributed by atoms with Gasteiger partial charge in [0.1, 0.15) is 18.4 Å². The molecule has 0 aliphatic carbocycles. The number of ether oxygens (including phenoxy) is 1. The Morgan fingerprint density at radius 3 is 2.36 bits per heavy atom. The van der Waals surface area contributed by atoms with Crippen LogP contribution in [-0.2, 0) is 40.9 Å². The van der Waals surface area contributed by atoms with Crippen LogP contribution >= 0.6 is 0 Å². The summed E-state index contributed by atoms with van der Waals surface area (Å²) < 4.78 is 7.58. The molecule has 0 spiro atoms. The number of hydrogen-bond donors (Lipinski definition) is 2. The van der Waals surface area contributed by atoms with Crippen LogP contribution < -0.4 is 10.1 Å². The van der Waals surface area contributed by atoms with Crippen molar-refractivity contribution in [1.29, 1.82) is 0 Å². The largest absolute Gasteiger partial charge is 0.489 e. The molecule has 3 aromatic carbocycles. The summed E-state index contributed by atoms with van der Waals surface area (Å²) in [6.45, 7) is 1.66. The quantitative estimate of drug-likeness (QED) is 0.220. The van der Waals surface area contributed by atoms with Crippen molar-refractivity contribution in [1.82, 2.24) is 20.0 Å². The Morgan fingerprint density at radius 2 is 1.67 bits per heavy atom. The van der Waals surface area contributed by atoms with Crippen LogP contribution in [0.15, 0.2) is 91.3 Å². The maximum absolute atomic E-state index is 12.9. The summed E-state index contributed by atoms with van der Waals surface area (Å²) in [5, 5.41) is 16.7. The fraction of sp³-hybridized carbons (Fsp3) is 0.333. The molecule has 9 heteroatoms. The zero-order chi connectivity index (χ0) is 31.6. The lowest BCUT2D eigenvalue weighted by atomic mass is 9.92. The average molecular weight is 609 g/mol. The van der Waals surface area contributed by atoms with E-state index in [1.807, 2.05) is 97.1 Å². The lowest BCUT2D eigenvalue weighted by Crippen LogP contribution is -2.44. The number of amides is 2. The molecule has 0 radical (unpaired) electrons. The fourth-order valence-corrected chi connectivity index (χ4v) is 5.69. The van der Waals surface area contributed by atoms with E-state index in [4.69, 9.17) is 4.74 Å². The first kappa shape index (κ1) is 31.5. The van der Waals surface area contributed by atoms with Gasteiger partial charge in [-0.2, -0.15) is 5.10 Å². The van der Waals surface area contributed by atoms with Gasteiger partial charge in [0.15, 0.2) is 0 Å². The van der Waals surface area contributed by atoms with E-state index in [2.05, 4.69) is 16.5 Å². The van der Waals surface area contributed by atoms with Gasteiger partial charge in [-0.1, -0.05) is 66.7 Å². The van der Waals surface area contributed by atoms with Crippen LogP contribution in [0.5, 0.6) is 5.75 Å². The molecule has 9 nitrogen and oxygen atoms in total. The Labute approximate surface area is 263 Å². The van der Waals surface area contributed by atoms with Crippen molar-refractivity contribution >= 4 is 17.8 Å². The molecule has 5 rings (SSSR count). The van der Waals surface area contributed by atoms with Crippen LogP contribution in [-0.4, -0.2) is 56.7 Å². The SMILES string of the molecule is Cn1cc(-c2cccc(CCC(=O)N3CCC(CC(=O)N[C@@H](Cc4ccc(OCc5ccccc5)cc4)C(=O)O)CC3)c2)cn1. The number of likely N-dealkylation sites (tertiary alicyclic amines) is 1. The standard InChI is InChI=1S/C36H40N4O5/c1-39-24-31(23-37-39)30-9-5-8-26(20-30)12-15-35(42)40-18-16-28(17-19-40)22-34(41)38-33(36(43)44)21-27-10-13-32(14-11-27)45-25-29-6-3-2-4-7-29/h2-11,13-14,20,23-24,28,33H,12,15-19,21-22,25H2,1H3,(H,38,41)(H,43,44)/t33-/m0/s1. The van der Waals surface area contributed by atoms with Gasteiger partial charge in [0.2, 0.25) is 11.8 Å². The van der Waals surface area contributed by atoms with Crippen molar-refractivity contribution in [2.45, 2.75) is 51.2 Å². The smallest absolute Gasteiger partial charge is 0.326 e. The van der Waals surface area contributed by atoms with Gasteiger partial charge in [0.25, 0.3) is 0 Å². The Morgan fingerprint density at radius 1 is 0.933 bits per heavy atom. The van der Waals surface area contributed by atoms with Crippen LogP contribution in [0.3, 0.4) is 0 Å². The maximum Gasteiger partial charge on any atom is 0.326 e. The molecule has 1 saturated heterocycles. The summed E-state index contributed by atoms with van der Waals surface area (Å²) in [5.74, 6) is -0.422.